The third-order valence-corrected chi connectivity index (χ3v) is 10.9. The van der Waals surface area contributed by atoms with Crippen molar-refractivity contribution >= 4 is 64.1 Å². The van der Waals surface area contributed by atoms with Crippen LogP contribution >= 0.6 is 11.3 Å². The molecule has 0 unspecified atom stereocenters. The maximum absolute atomic E-state index is 5.24. The van der Waals surface area contributed by atoms with E-state index >= 15 is 0 Å². The first kappa shape index (κ1) is 27.9. The second kappa shape index (κ2) is 11.2. The summed E-state index contributed by atoms with van der Waals surface area (Å²) in [4.78, 5) is 10.2. The number of thiophene rings is 1. The molecule has 0 spiro atoms. The summed E-state index contributed by atoms with van der Waals surface area (Å²) >= 11 is 1.85. The molecule has 0 aliphatic rings. The summed E-state index contributed by atoms with van der Waals surface area (Å²) in [6, 6.07) is 58.9. The van der Waals surface area contributed by atoms with Crippen LogP contribution in [0, 0.1) is 0 Å². The van der Waals surface area contributed by atoms with Crippen molar-refractivity contribution in [2.75, 3.05) is 0 Å². The summed E-state index contributed by atoms with van der Waals surface area (Å²) in [7, 11) is 0. The third-order valence-electron chi connectivity index (χ3n) is 9.71. The number of aromatic nitrogens is 2. The fraction of sp³-hybridized carbons (Fsp3) is 0. The average Bonchev–Trinajstić information content (AvgIpc) is 3.55. The molecular weight excluding hydrogens is 613 g/mol. The van der Waals surface area contributed by atoms with Crippen molar-refractivity contribution in [1.29, 1.82) is 0 Å². The van der Waals surface area contributed by atoms with Crippen LogP contribution in [0.4, 0.5) is 0 Å². The molecule has 228 valence electrons. The Labute approximate surface area is 287 Å². The Bertz CT molecular complexity index is 2830. The van der Waals surface area contributed by atoms with Gasteiger partial charge in [-0.25, -0.2) is 4.98 Å². The van der Waals surface area contributed by atoms with E-state index in [4.69, 9.17) is 9.97 Å². The SMILES string of the molecule is c1ccc(-c2ccc(-c3ccc4sc5ccc(-c6cccc(-c7cnc8c9ccccc9c9ccccc9c8n7)c6)cc5c4c3)cc2)cc1. The van der Waals surface area contributed by atoms with Gasteiger partial charge in [-0.2, -0.15) is 0 Å². The van der Waals surface area contributed by atoms with Gasteiger partial charge in [0.25, 0.3) is 0 Å². The molecule has 2 nitrogen and oxygen atoms in total. The number of nitrogens with zero attached hydrogens (tertiary/aromatic N) is 2. The van der Waals surface area contributed by atoms with Gasteiger partial charge in [0.15, 0.2) is 0 Å². The Balaban J connectivity index is 1.04. The molecular formula is C46H28N2S. The van der Waals surface area contributed by atoms with E-state index in [-0.39, 0.29) is 0 Å². The lowest BCUT2D eigenvalue weighted by Gasteiger charge is -2.11. The second-order valence-electron chi connectivity index (χ2n) is 12.6. The zero-order valence-corrected chi connectivity index (χ0v) is 27.3. The highest BCUT2D eigenvalue weighted by Gasteiger charge is 2.14. The molecule has 0 amide bonds. The fourth-order valence-electron chi connectivity index (χ4n) is 7.24. The number of hydrogen-bond donors (Lipinski definition) is 0. The number of rotatable bonds is 4. The molecule has 0 atom stereocenters. The van der Waals surface area contributed by atoms with Gasteiger partial charge in [0.2, 0.25) is 0 Å². The lowest BCUT2D eigenvalue weighted by atomic mass is 9.97. The van der Waals surface area contributed by atoms with Crippen LogP contribution in [0.25, 0.3) is 97.4 Å². The van der Waals surface area contributed by atoms with E-state index in [1.165, 1.54) is 58.8 Å². The van der Waals surface area contributed by atoms with Crippen molar-refractivity contribution in [1.82, 2.24) is 9.97 Å². The minimum absolute atomic E-state index is 0.875. The van der Waals surface area contributed by atoms with E-state index < -0.39 is 0 Å². The molecule has 0 radical (unpaired) electrons. The zero-order chi connectivity index (χ0) is 32.3. The molecule has 8 aromatic carbocycles. The predicted octanol–water partition coefficient (Wildman–Crippen LogP) is 13.0. The van der Waals surface area contributed by atoms with Crippen LogP contribution in [0.5, 0.6) is 0 Å². The van der Waals surface area contributed by atoms with E-state index in [1.54, 1.807) is 0 Å². The van der Waals surface area contributed by atoms with E-state index in [0.717, 1.165) is 38.6 Å². The van der Waals surface area contributed by atoms with Crippen molar-refractivity contribution < 1.29 is 0 Å². The summed E-state index contributed by atoms with van der Waals surface area (Å²) in [6.07, 6.45) is 1.92. The van der Waals surface area contributed by atoms with Gasteiger partial charge in [0, 0.05) is 36.5 Å². The van der Waals surface area contributed by atoms with Gasteiger partial charge in [-0.05, 0) is 74.5 Å². The molecule has 10 aromatic rings. The molecule has 2 aromatic heterocycles. The second-order valence-corrected chi connectivity index (χ2v) is 13.7. The normalized spacial score (nSPS) is 11.7. The lowest BCUT2D eigenvalue weighted by molar-refractivity contribution is 1.31. The Morgan fingerprint density at radius 1 is 0.327 bits per heavy atom. The van der Waals surface area contributed by atoms with Crippen LogP contribution in [-0.2, 0) is 0 Å². The Morgan fingerprint density at radius 2 is 0.796 bits per heavy atom. The molecule has 2 heterocycles. The molecule has 49 heavy (non-hydrogen) atoms. The van der Waals surface area contributed by atoms with Crippen LogP contribution in [-0.4, -0.2) is 9.97 Å². The molecule has 0 N–H and O–H groups in total. The van der Waals surface area contributed by atoms with Crippen LogP contribution in [0.15, 0.2) is 170 Å². The molecule has 0 bridgehead atoms. The highest BCUT2D eigenvalue weighted by atomic mass is 32.1. The first-order chi connectivity index (χ1) is 24.3. The number of hydrogen-bond acceptors (Lipinski definition) is 3. The van der Waals surface area contributed by atoms with Gasteiger partial charge in [0.05, 0.1) is 22.9 Å². The van der Waals surface area contributed by atoms with Crippen molar-refractivity contribution in [3.63, 3.8) is 0 Å². The minimum Gasteiger partial charge on any atom is -0.252 e. The van der Waals surface area contributed by atoms with Gasteiger partial charge in [-0.15, -0.1) is 11.3 Å². The highest BCUT2D eigenvalue weighted by molar-refractivity contribution is 7.25. The molecule has 10 rings (SSSR count). The van der Waals surface area contributed by atoms with Gasteiger partial charge in [-0.1, -0.05) is 133 Å². The van der Waals surface area contributed by atoms with E-state index in [1.807, 2.05) is 17.5 Å². The standard InChI is InChI=1S/C46H28N2S/c1-2-9-29(10-3-1)30-17-19-31(20-18-30)33-21-23-43-40(26-33)41-27-34(22-24-44(41)49-43)32-11-8-12-35(25-32)42-28-47-45-38-15-6-4-13-36(38)37-14-5-7-16-39(37)46(45)48-42/h1-28H. The molecule has 0 saturated heterocycles. The van der Waals surface area contributed by atoms with Crippen molar-refractivity contribution in [3.05, 3.63) is 170 Å². The Morgan fingerprint density at radius 3 is 1.47 bits per heavy atom. The van der Waals surface area contributed by atoms with Crippen molar-refractivity contribution in [2.24, 2.45) is 0 Å². The van der Waals surface area contributed by atoms with Crippen LogP contribution < -0.4 is 0 Å². The molecule has 0 saturated carbocycles. The zero-order valence-electron chi connectivity index (χ0n) is 26.5. The molecule has 0 fully saturated rings. The Hall–Kier alpha value is -6.16. The van der Waals surface area contributed by atoms with Gasteiger partial charge in [-0.3, -0.25) is 4.98 Å². The van der Waals surface area contributed by atoms with Crippen LogP contribution in [0.1, 0.15) is 0 Å². The summed E-state index contributed by atoms with van der Waals surface area (Å²) in [5.74, 6) is 0. The van der Waals surface area contributed by atoms with Crippen molar-refractivity contribution in [3.8, 4) is 44.6 Å². The maximum Gasteiger partial charge on any atom is 0.0979 e. The first-order valence-electron chi connectivity index (χ1n) is 16.6. The number of benzene rings is 8. The maximum atomic E-state index is 5.24. The van der Waals surface area contributed by atoms with Gasteiger partial charge < -0.3 is 0 Å². The van der Waals surface area contributed by atoms with Crippen LogP contribution in [0.3, 0.4) is 0 Å². The molecule has 3 heteroatoms. The first-order valence-corrected chi connectivity index (χ1v) is 17.4. The summed E-state index contributed by atoms with van der Waals surface area (Å²) in [5, 5.41) is 7.25. The lowest BCUT2D eigenvalue weighted by Crippen LogP contribution is -1.92. The summed E-state index contributed by atoms with van der Waals surface area (Å²) in [5.41, 5.74) is 11.1. The van der Waals surface area contributed by atoms with E-state index in [9.17, 15) is 0 Å². The van der Waals surface area contributed by atoms with Crippen molar-refractivity contribution in [2.45, 2.75) is 0 Å². The topological polar surface area (TPSA) is 25.8 Å². The fourth-order valence-corrected chi connectivity index (χ4v) is 8.31. The molecule has 0 aliphatic heterocycles. The largest absolute Gasteiger partial charge is 0.252 e. The summed E-state index contributed by atoms with van der Waals surface area (Å²) in [6.45, 7) is 0. The third kappa shape index (κ3) is 4.70. The average molecular weight is 641 g/mol. The predicted molar refractivity (Wildman–Crippen MR) is 209 cm³/mol. The monoisotopic (exact) mass is 640 g/mol. The number of fused-ring (bicyclic) bond motifs is 9. The van der Waals surface area contributed by atoms with E-state index in [2.05, 4.69) is 164 Å². The van der Waals surface area contributed by atoms with E-state index in [0.29, 0.717) is 0 Å². The quantitative estimate of drug-likeness (QED) is 0.179. The highest BCUT2D eigenvalue weighted by Crippen LogP contribution is 2.40. The Kier molecular flexibility index (Phi) is 6.39. The minimum atomic E-state index is 0.875. The van der Waals surface area contributed by atoms with Gasteiger partial charge in [0.1, 0.15) is 0 Å². The smallest absolute Gasteiger partial charge is 0.0979 e. The summed E-state index contributed by atoms with van der Waals surface area (Å²) < 4.78 is 2.60. The molecule has 0 aliphatic carbocycles. The van der Waals surface area contributed by atoms with Crippen LogP contribution in [0.2, 0.25) is 0 Å². The van der Waals surface area contributed by atoms with Gasteiger partial charge >= 0.3 is 0 Å².